The van der Waals surface area contributed by atoms with Crippen molar-refractivity contribution in [1.82, 2.24) is 10.1 Å². The van der Waals surface area contributed by atoms with Gasteiger partial charge in [-0.25, -0.2) is 4.39 Å². The number of nitrogens with one attached hydrogen (secondary N) is 1. The summed E-state index contributed by atoms with van der Waals surface area (Å²) in [5.41, 5.74) is 0.567. The molecular formula is C22H20ClFN4O3S. The number of rotatable bonds is 6. The van der Waals surface area contributed by atoms with Crippen LogP contribution < -0.4 is 5.32 Å². The van der Waals surface area contributed by atoms with Crippen molar-refractivity contribution in [3.63, 3.8) is 0 Å². The van der Waals surface area contributed by atoms with E-state index in [4.69, 9.17) is 16.1 Å². The number of nitrogens with zero attached hydrogens (tertiary/aromatic N) is 3. The number of hydrogen-bond donors (Lipinski definition) is 1. The van der Waals surface area contributed by atoms with E-state index in [1.54, 1.807) is 11.8 Å². The van der Waals surface area contributed by atoms with Crippen molar-refractivity contribution in [3.8, 4) is 17.3 Å². The number of nitriles is 1. The van der Waals surface area contributed by atoms with Gasteiger partial charge in [0.1, 0.15) is 33.9 Å². The standard InChI is InChI=1S/C22H20ClFN4O3S/c1-5-28(6-2)22(30)19-11(3)13(10-25)21(32-19)26-20(29)16-12(4)31-27-18(16)17-14(23)8-7-9-15(17)24/h7-9H,5-6H2,1-4H3,(H,26,29). The largest absolute Gasteiger partial charge is 0.360 e. The van der Waals surface area contributed by atoms with Gasteiger partial charge in [0.05, 0.1) is 21.0 Å². The summed E-state index contributed by atoms with van der Waals surface area (Å²) in [5, 5.41) is 16.4. The van der Waals surface area contributed by atoms with Crippen molar-refractivity contribution in [2.45, 2.75) is 27.7 Å². The molecule has 10 heteroatoms. The molecule has 0 spiro atoms. The predicted molar refractivity (Wildman–Crippen MR) is 121 cm³/mol. The summed E-state index contributed by atoms with van der Waals surface area (Å²) in [4.78, 5) is 28.0. The molecule has 0 aliphatic carbocycles. The first kappa shape index (κ1) is 23.4. The van der Waals surface area contributed by atoms with Crippen LogP contribution in [0.15, 0.2) is 22.7 Å². The molecule has 1 N–H and O–H groups in total. The van der Waals surface area contributed by atoms with Gasteiger partial charge in [-0.2, -0.15) is 5.26 Å². The summed E-state index contributed by atoms with van der Waals surface area (Å²) in [6.07, 6.45) is 0. The van der Waals surface area contributed by atoms with Gasteiger partial charge in [-0.05, 0) is 45.4 Å². The second-order valence-corrected chi connectivity index (χ2v) is 8.29. The van der Waals surface area contributed by atoms with E-state index >= 15 is 0 Å². The van der Waals surface area contributed by atoms with Crippen LogP contribution in [0.2, 0.25) is 5.02 Å². The molecule has 0 fully saturated rings. The molecule has 0 bridgehead atoms. The SMILES string of the molecule is CCN(CC)C(=O)c1sc(NC(=O)c2c(-c3c(F)cccc3Cl)noc2C)c(C#N)c1C. The Kier molecular flexibility index (Phi) is 6.96. The normalized spacial score (nSPS) is 10.7. The molecule has 0 saturated carbocycles. The minimum atomic E-state index is -0.656. The Labute approximate surface area is 193 Å². The zero-order chi connectivity index (χ0) is 23.6. The molecule has 0 saturated heterocycles. The van der Waals surface area contributed by atoms with E-state index in [1.807, 2.05) is 19.9 Å². The molecule has 2 heterocycles. The van der Waals surface area contributed by atoms with Crippen molar-refractivity contribution < 1.29 is 18.5 Å². The first-order chi connectivity index (χ1) is 15.2. The van der Waals surface area contributed by atoms with Crippen molar-refractivity contribution in [3.05, 3.63) is 56.4 Å². The number of anilines is 1. The van der Waals surface area contributed by atoms with Gasteiger partial charge in [0.15, 0.2) is 0 Å². The number of thiophene rings is 1. The first-order valence-electron chi connectivity index (χ1n) is 9.79. The molecule has 0 atom stereocenters. The van der Waals surface area contributed by atoms with Crippen LogP contribution in [0.4, 0.5) is 9.39 Å². The minimum Gasteiger partial charge on any atom is -0.360 e. The maximum atomic E-state index is 14.4. The van der Waals surface area contributed by atoms with E-state index in [0.717, 1.165) is 11.3 Å². The summed E-state index contributed by atoms with van der Waals surface area (Å²) in [6.45, 7) is 7.94. The van der Waals surface area contributed by atoms with E-state index in [9.17, 15) is 19.2 Å². The highest BCUT2D eigenvalue weighted by Crippen LogP contribution is 2.36. The maximum absolute atomic E-state index is 14.4. The lowest BCUT2D eigenvalue weighted by atomic mass is 10.0. The molecule has 2 aromatic heterocycles. The third kappa shape index (κ3) is 4.11. The van der Waals surface area contributed by atoms with Gasteiger partial charge in [0, 0.05) is 13.1 Å². The summed E-state index contributed by atoms with van der Waals surface area (Å²) in [5.74, 6) is -1.37. The van der Waals surface area contributed by atoms with Gasteiger partial charge in [-0.3, -0.25) is 9.59 Å². The fourth-order valence-corrected chi connectivity index (χ4v) is 4.67. The Morgan fingerprint density at radius 3 is 2.59 bits per heavy atom. The monoisotopic (exact) mass is 474 g/mol. The smallest absolute Gasteiger partial charge is 0.264 e. The van der Waals surface area contributed by atoms with Crippen LogP contribution in [-0.2, 0) is 0 Å². The van der Waals surface area contributed by atoms with Crippen molar-refractivity contribution in [1.29, 1.82) is 5.26 Å². The predicted octanol–water partition coefficient (Wildman–Crippen LogP) is 5.42. The van der Waals surface area contributed by atoms with Crippen LogP contribution in [0.1, 0.15) is 50.8 Å². The van der Waals surface area contributed by atoms with Crippen molar-refractivity contribution in [2.24, 2.45) is 0 Å². The molecule has 0 aliphatic rings. The average Bonchev–Trinajstić information content (AvgIpc) is 3.28. The van der Waals surface area contributed by atoms with Crippen LogP contribution in [0, 0.1) is 31.0 Å². The lowest BCUT2D eigenvalue weighted by molar-refractivity contribution is 0.0777. The molecule has 1 aromatic carbocycles. The fourth-order valence-electron chi connectivity index (χ4n) is 3.29. The van der Waals surface area contributed by atoms with Crippen LogP contribution in [-0.4, -0.2) is 35.0 Å². The number of carbonyl (C=O) groups excluding carboxylic acids is 2. The van der Waals surface area contributed by atoms with E-state index in [-0.39, 0.29) is 44.1 Å². The van der Waals surface area contributed by atoms with Crippen molar-refractivity contribution in [2.75, 3.05) is 18.4 Å². The number of aryl methyl sites for hydroxylation is 1. The lowest BCUT2D eigenvalue weighted by Crippen LogP contribution is -2.30. The van der Waals surface area contributed by atoms with Crippen LogP contribution in [0.5, 0.6) is 0 Å². The first-order valence-corrected chi connectivity index (χ1v) is 11.0. The van der Waals surface area contributed by atoms with E-state index in [2.05, 4.69) is 10.5 Å². The van der Waals surface area contributed by atoms with E-state index in [1.165, 1.54) is 25.1 Å². The topological polar surface area (TPSA) is 99.2 Å². The average molecular weight is 475 g/mol. The third-order valence-electron chi connectivity index (χ3n) is 5.02. The minimum absolute atomic E-state index is 0.0106. The number of carbonyl (C=O) groups is 2. The lowest BCUT2D eigenvalue weighted by Gasteiger charge is -2.17. The zero-order valence-corrected chi connectivity index (χ0v) is 19.4. The molecule has 166 valence electrons. The van der Waals surface area contributed by atoms with Gasteiger partial charge in [-0.15, -0.1) is 11.3 Å². The fraction of sp³-hybridized carbons (Fsp3) is 0.273. The van der Waals surface area contributed by atoms with Gasteiger partial charge in [-0.1, -0.05) is 22.8 Å². The highest BCUT2D eigenvalue weighted by atomic mass is 35.5. The zero-order valence-electron chi connectivity index (χ0n) is 17.9. The highest BCUT2D eigenvalue weighted by Gasteiger charge is 2.28. The summed E-state index contributed by atoms with van der Waals surface area (Å²) >= 11 is 7.16. The Balaban J connectivity index is 2.03. The number of halogens is 2. The van der Waals surface area contributed by atoms with Crippen LogP contribution in [0.25, 0.3) is 11.3 Å². The molecule has 3 rings (SSSR count). The molecule has 7 nitrogen and oxygen atoms in total. The Hall–Kier alpha value is -3.22. The molecule has 2 amide bonds. The highest BCUT2D eigenvalue weighted by molar-refractivity contribution is 7.18. The Bertz CT molecular complexity index is 1220. The van der Waals surface area contributed by atoms with Gasteiger partial charge >= 0.3 is 0 Å². The molecule has 3 aromatic rings. The second kappa shape index (κ2) is 9.51. The molecule has 0 unspecified atom stereocenters. The number of benzene rings is 1. The quantitative estimate of drug-likeness (QED) is 0.514. The molecule has 0 radical (unpaired) electrons. The number of aromatic nitrogens is 1. The molecule has 32 heavy (non-hydrogen) atoms. The molecular weight excluding hydrogens is 455 g/mol. The van der Waals surface area contributed by atoms with E-state index < -0.39 is 11.7 Å². The van der Waals surface area contributed by atoms with Gasteiger partial charge in [0.2, 0.25) is 0 Å². The number of hydrogen-bond acceptors (Lipinski definition) is 6. The number of amides is 2. The third-order valence-corrected chi connectivity index (χ3v) is 6.53. The van der Waals surface area contributed by atoms with Crippen molar-refractivity contribution >= 4 is 39.8 Å². The van der Waals surface area contributed by atoms with Crippen LogP contribution in [0.3, 0.4) is 0 Å². The molecule has 0 aliphatic heterocycles. The van der Waals surface area contributed by atoms with E-state index in [0.29, 0.717) is 23.5 Å². The Morgan fingerprint density at radius 1 is 1.31 bits per heavy atom. The van der Waals surface area contributed by atoms with Gasteiger partial charge in [0.25, 0.3) is 11.8 Å². The van der Waals surface area contributed by atoms with Gasteiger partial charge < -0.3 is 14.7 Å². The Morgan fingerprint density at radius 2 is 2.00 bits per heavy atom. The van der Waals surface area contributed by atoms with Crippen LogP contribution >= 0.6 is 22.9 Å². The summed E-state index contributed by atoms with van der Waals surface area (Å²) < 4.78 is 19.6. The summed E-state index contributed by atoms with van der Waals surface area (Å²) in [6, 6.07) is 6.17. The summed E-state index contributed by atoms with van der Waals surface area (Å²) in [7, 11) is 0. The second-order valence-electron chi connectivity index (χ2n) is 6.86. The maximum Gasteiger partial charge on any atom is 0.264 e.